The lowest BCUT2D eigenvalue weighted by molar-refractivity contribution is 0.180. The number of nitrogens with zero attached hydrogens (tertiary/aromatic N) is 1. The van der Waals surface area contributed by atoms with E-state index in [9.17, 15) is 0 Å². The van der Waals surface area contributed by atoms with E-state index in [1.807, 2.05) is 24.3 Å². The molecular formula is C14H21BrN2OS. The summed E-state index contributed by atoms with van der Waals surface area (Å²) in [6.45, 7) is 6.74. The molecular weight excluding hydrogens is 324 g/mol. The molecule has 0 heterocycles. The van der Waals surface area contributed by atoms with Crippen molar-refractivity contribution in [2.75, 3.05) is 19.7 Å². The van der Waals surface area contributed by atoms with E-state index in [4.69, 9.17) is 22.7 Å². The summed E-state index contributed by atoms with van der Waals surface area (Å²) < 4.78 is 6.77. The summed E-state index contributed by atoms with van der Waals surface area (Å²) in [5.74, 6) is 0.882. The minimum atomic E-state index is 0.459. The van der Waals surface area contributed by atoms with Crippen LogP contribution in [0.2, 0.25) is 0 Å². The van der Waals surface area contributed by atoms with Crippen molar-refractivity contribution < 1.29 is 4.74 Å². The predicted molar refractivity (Wildman–Crippen MR) is 87.7 cm³/mol. The van der Waals surface area contributed by atoms with Gasteiger partial charge in [0.25, 0.3) is 0 Å². The zero-order chi connectivity index (χ0) is 14.3. The molecule has 0 spiro atoms. The average Bonchev–Trinajstić information content (AvgIpc) is 2.32. The van der Waals surface area contributed by atoms with Crippen LogP contribution in [-0.2, 0) is 0 Å². The lowest BCUT2D eigenvalue weighted by Gasteiger charge is -2.26. The predicted octanol–water partition coefficient (Wildman–Crippen LogP) is 3.21. The third-order valence-corrected chi connectivity index (χ3v) is 3.52. The summed E-state index contributed by atoms with van der Waals surface area (Å²) >= 11 is 8.35. The lowest BCUT2D eigenvalue weighted by atomic mass is 10.3. The van der Waals surface area contributed by atoms with Crippen LogP contribution in [0.5, 0.6) is 5.75 Å². The first-order valence-corrected chi connectivity index (χ1v) is 7.60. The van der Waals surface area contributed by atoms with Crippen LogP contribution >= 0.6 is 28.1 Å². The summed E-state index contributed by atoms with van der Waals surface area (Å²) in [5.41, 5.74) is 5.55. The van der Waals surface area contributed by atoms with Crippen molar-refractivity contribution in [1.82, 2.24) is 4.90 Å². The fourth-order valence-corrected chi connectivity index (χ4v) is 2.19. The van der Waals surface area contributed by atoms with Crippen LogP contribution < -0.4 is 10.5 Å². The van der Waals surface area contributed by atoms with Crippen LogP contribution in [0.25, 0.3) is 0 Å². The van der Waals surface area contributed by atoms with Crippen LogP contribution in [0.15, 0.2) is 28.7 Å². The average molecular weight is 345 g/mol. The highest BCUT2D eigenvalue weighted by Gasteiger charge is 2.09. The van der Waals surface area contributed by atoms with Crippen LogP contribution in [0.3, 0.4) is 0 Å². The number of benzene rings is 1. The van der Waals surface area contributed by atoms with Gasteiger partial charge in [0.1, 0.15) is 12.4 Å². The van der Waals surface area contributed by atoms with Crippen LogP contribution in [-0.4, -0.2) is 35.6 Å². The molecule has 1 aromatic carbocycles. The minimum absolute atomic E-state index is 0.459. The van der Waals surface area contributed by atoms with Gasteiger partial charge in [0.05, 0.1) is 4.99 Å². The topological polar surface area (TPSA) is 38.5 Å². The van der Waals surface area contributed by atoms with Gasteiger partial charge in [0.15, 0.2) is 0 Å². The first-order valence-electron chi connectivity index (χ1n) is 6.39. The van der Waals surface area contributed by atoms with E-state index in [2.05, 4.69) is 34.7 Å². The standard InChI is InChI=1S/C14H21BrN2OS/c1-11(2)17(7-6-14(16)19)8-9-18-13-5-3-4-12(15)10-13/h3-5,10-11H,6-9H2,1-2H3,(H2,16,19). The zero-order valence-corrected chi connectivity index (χ0v) is 13.8. The van der Waals surface area contributed by atoms with Crippen molar-refractivity contribution in [3.05, 3.63) is 28.7 Å². The van der Waals surface area contributed by atoms with Crippen molar-refractivity contribution in [2.24, 2.45) is 5.73 Å². The number of rotatable bonds is 8. The molecule has 106 valence electrons. The maximum absolute atomic E-state index is 5.74. The highest BCUT2D eigenvalue weighted by molar-refractivity contribution is 9.10. The number of halogens is 1. The molecule has 0 amide bonds. The van der Waals surface area contributed by atoms with E-state index < -0.39 is 0 Å². The molecule has 0 radical (unpaired) electrons. The molecule has 0 bridgehead atoms. The Morgan fingerprint density at radius 2 is 2.16 bits per heavy atom. The number of nitrogens with two attached hydrogens (primary N) is 1. The quantitative estimate of drug-likeness (QED) is 0.735. The van der Waals surface area contributed by atoms with Crippen LogP contribution in [0.4, 0.5) is 0 Å². The van der Waals surface area contributed by atoms with Crippen molar-refractivity contribution in [2.45, 2.75) is 26.3 Å². The molecule has 2 N–H and O–H groups in total. The summed E-state index contributed by atoms with van der Waals surface area (Å²) in [4.78, 5) is 2.88. The summed E-state index contributed by atoms with van der Waals surface area (Å²) in [6.07, 6.45) is 0.754. The number of thiocarbonyl (C=S) groups is 1. The van der Waals surface area contributed by atoms with Crippen LogP contribution in [0.1, 0.15) is 20.3 Å². The Kier molecular flexibility index (Phi) is 7.34. The highest BCUT2D eigenvalue weighted by atomic mass is 79.9. The second-order valence-corrected chi connectivity index (χ2v) is 6.09. The molecule has 19 heavy (non-hydrogen) atoms. The number of hydrogen-bond donors (Lipinski definition) is 1. The molecule has 0 aliphatic carbocycles. The molecule has 0 aliphatic rings. The fraction of sp³-hybridized carbons (Fsp3) is 0.500. The van der Waals surface area contributed by atoms with Crippen molar-refractivity contribution in [3.63, 3.8) is 0 Å². The number of ether oxygens (including phenoxy) is 1. The Balaban J connectivity index is 2.37. The van der Waals surface area contributed by atoms with Gasteiger partial charge in [-0.2, -0.15) is 0 Å². The van der Waals surface area contributed by atoms with Gasteiger partial charge in [-0.1, -0.05) is 34.2 Å². The van der Waals surface area contributed by atoms with Gasteiger partial charge < -0.3 is 10.5 Å². The SMILES string of the molecule is CC(C)N(CCOc1cccc(Br)c1)CCC(N)=S. The molecule has 0 unspecified atom stereocenters. The summed E-state index contributed by atoms with van der Waals surface area (Å²) in [6, 6.07) is 8.33. The Morgan fingerprint density at radius 3 is 2.74 bits per heavy atom. The van der Waals surface area contributed by atoms with Gasteiger partial charge in [-0.3, -0.25) is 4.90 Å². The maximum atomic E-state index is 5.74. The largest absolute Gasteiger partial charge is 0.492 e. The van der Waals surface area contributed by atoms with E-state index in [1.54, 1.807) is 0 Å². The van der Waals surface area contributed by atoms with E-state index in [0.29, 0.717) is 17.6 Å². The van der Waals surface area contributed by atoms with Crippen molar-refractivity contribution >= 4 is 33.1 Å². The number of hydrogen-bond acceptors (Lipinski definition) is 3. The van der Waals surface area contributed by atoms with Gasteiger partial charge in [0, 0.05) is 30.0 Å². The Labute approximate surface area is 129 Å². The second-order valence-electron chi connectivity index (χ2n) is 4.65. The first-order chi connectivity index (χ1) is 8.99. The fourth-order valence-electron chi connectivity index (χ4n) is 1.72. The molecule has 0 saturated carbocycles. The molecule has 0 fully saturated rings. The van der Waals surface area contributed by atoms with Gasteiger partial charge in [-0.05, 0) is 32.0 Å². The molecule has 3 nitrogen and oxygen atoms in total. The molecule has 1 aromatic rings. The molecule has 0 saturated heterocycles. The molecule has 0 aliphatic heterocycles. The van der Waals surface area contributed by atoms with Crippen LogP contribution in [0, 0.1) is 0 Å². The summed E-state index contributed by atoms with van der Waals surface area (Å²) in [5, 5.41) is 0. The first kappa shape index (κ1) is 16.4. The van der Waals surface area contributed by atoms with E-state index in [1.165, 1.54) is 0 Å². The van der Waals surface area contributed by atoms with E-state index in [-0.39, 0.29) is 0 Å². The maximum Gasteiger partial charge on any atom is 0.120 e. The van der Waals surface area contributed by atoms with E-state index in [0.717, 1.165) is 29.7 Å². The monoisotopic (exact) mass is 344 g/mol. The Bertz CT molecular complexity index is 412. The van der Waals surface area contributed by atoms with E-state index >= 15 is 0 Å². The minimum Gasteiger partial charge on any atom is -0.492 e. The van der Waals surface area contributed by atoms with Crippen molar-refractivity contribution in [1.29, 1.82) is 0 Å². The zero-order valence-electron chi connectivity index (χ0n) is 11.4. The Hall–Kier alpha value is -0.650. The summed E-state index contributed by atoms with van der Waals surface area (Å²) in [7, 11) is 0. The molecule has 5 heteroatoms. The molecule has 0 atom stereocenters. The molecule has 1 rings (SSSR count). The van der Waals surface area contributed by atoms with Gasteiger partial charge >= 0.3 is 0 Å². The van der Waals surface area contributed by atoms with Crippen molar-refractivity contribution in [3.8, 4) is 5.75 Å². The van der Waals surface area contributed by atoms with Gasteiger partial charge in [-0.25, -0.2) is 0 Å². The third-order valence-electron chi connectivity index (χ3n) is 2.82. The molecule has 0 aromatic heterocycles. The Morgan fingerprint density at radius 1 is 1.42 bits per heavy atom. The smallest absolute Gasteiger partial charge is 0.120 e. The normalized spacial score (nSPS) is 11.0. The highest BCUT2D eigenvalue weighted by Crippen LogP contribution is 2.17. The third kappa shape index (κ3) is 6.89. The van der Waals surface area contributed by atoms with Gasteiger partial charge in [-0.15, -0.1) is 0 Å². The lowest BCUT2D eigenvalue weighted by Crippen LogP contribution is -2.36. The van der Waals surface area contributed by atoms with Gasteiger partial charge in [0.2, 0.25) is 0 Å². The second kappa shape index (κ2) is 8.51.